The lowest BCUT2D eigenvalue weighted by Gasteiger charge is -2.10. The molecule has 0 saturated carbocycles. The number of imidazole rings is 1. The molecule has 1 saturated heterocycles. The van der Waals surface area contributed by atoms with Gasteiger partial charge >= 0.3 is 0 Å². The predicted octanol–water partition coefficient (Wildman–Crippen LogP) is 3.25. The number of carbonyl (C=O) groups excluding carboxylic acids is 1. The van der Waals surface area contributed by atoms with Crippen LogP contribution in [-0.2, 0) is 16.1 Å². The third-order valence-corrected chi connectivity index (χ3v) is 4.91. The first-order valence-corrected chi connectivity index (χ1v) is 9.52. The minimum absolute atomic E-state index is 0.127. The number of amides is 1. The third-order valence-electron chi connectivity index (χ3n) is 4.91. The highest BCUT2D eigenvalue weighted by molar-refractivity contribution is 5.94. The maximum absolute atomic E-state index is 12.3. The fourth-order valence-electron chi connectivity index (χ4n) is 3.46. The van der Waals surface area contributed by atoms with Gasteiger partial charge in [-0.15, -0.1) is 0 Å². The maximum Gasteiger partial charge on any atom is 0.258 e. The Hall–Kier alpha value is -3.52. The van der Waals surface area contributed by atoms with E-state index in [1.165, 1.54) is 0 Å². The SMILES string of the molecule is O=C(Nc1cccc(-c2nc(Cn3cnc4ccccc43)no2)c1)C1CCCO1. The van der Waals surface area contributed by atoms with Crippen LogP contribution in [0, 0.1) is 0 Å². The quantitative estimate of drug-likeness (QED) is 0.563. The summed E-state index contributed by atoms with van der Waals surface area (Å²) in [4.78, 5) is 21.1. The van der Waals surface area contributed by atoms with Gasteiger partial charge in [0.2, 0.25) is 0 Å². The summed E-state index contributed by atoms with van der Waals surface area (Å²) >= 11 is 0. The van der Waals surface area contributed by atoms with Crippen molar-refractivity contribution in [1.29, 1.82) is 0 Å². The molecule has 0 spiro atoms. The van der Waals surface area contributed by atoms with E-state index in [9.17, 15) is 4.79 Å². The van der Waals surface area contributed by atoms with Crippen molar-refractivity contribution in [2.45, 2.75) is 25.5 Å². The number of nitrogens with zero attached hydrogens (tertiary/aromatic N) is 4. The van der Waals surface area contributed by atoms with Crippen molar-refractivity contribution in [2.24, 2.45) is 0 Å². The Morgan fingerprint density at radius 2 is 2.14 bits per heavy atom. The summed E-state index contributed by atoms with van der Waals surface area (Å²) in [7, 11) is 0. The van der Waals surface area contributed by atoms with Gasteiger partial charge < -0.3 is 19.1 Å². The minimum atomic E-state index is -0.376. The molecule has 1 unspecified atom stereocenters. The Kier molecular flexibility index (Phi) is 4.53. The first-order valence-electron chi connectivity index (χ1n) is 9.52. The maximum atomic E-state index is 12.3. The Bertz CT molecular complexity index is 1160. The molecular weight excluding hydrogens is 370 g/mol. The monoisotopic (exact) mass is 389 g/mol. The number of fused-ring (bicyclic) bond motifs is 1. The molecule has 1 aliphatic rings. The second kappa shape index (κ2) is 7.48. The summed E-state index contributed by atoms with van der Waals surface area (Å²) in [6.07, 6.45) is 3.05. The number of rotatable bonds is 5. The van der Waals surface area contributed by atoms with E-state index in [1.807, 2.05) is 53.1 Å². The number of ether oxygens (including phenoxy) is 1. The topological polar surface area (TPSA) is 95.1 Å². The van der Waals surface area contributed by atoms with Crippen LogP contribution in [0.2, 0.25) is 0 Å². The lowest BCUT2D eigenvalue weighted by atomic mass is 10.2. The largest absolute Gasteiger partial charge is 0.368 e. The molecule has 1 atom stereocenters. The number of hydrogen-bond donors (Lipinski definition) is 1. The van der Waals surface area contributed by atoms with E-state index in [1.54, 1.807) is 6.33 Å². The molecule has 2 aromatic heterocycles. The molecule has 29 heavy (non-hydrogen) atoms. The number of anilines is 1. The number of hydrogen-bond acceptors (Lipinski definition) is 6. The molecule has 1 amide bonds. The molecule has 5 rings (SSSR count). The highest BCUT2D eigenvalue weighted by Crippen LogP contribution is 2.23. The van der Waals surface area contributed by atoms with Gasteiger partial charge in [0.1, 0.15) is 6.10 Å². The molecule has 1 fully saturated rings. The zero-order valence-corrected chi connectivity index (χ0v) is 15.6. The summed E-state index contributed by atoms with van der Waals surface area (Å²) < 4.78 is 12.8. The Labute approximate surface area is 166 Å². The zero-order valence-electron chi connectivity index (χ0n) is 15.6. The number of carbonyl (C=O) groups is 1. The third kappa shape index (κ3) is 3.62. The highest BCUT2D eigenvalue weighted by Gasteiger charge is 2.23. The van der Waals surface area contributed by atoms with Gasteiger partial charge in [0, 0.05) is 17.9 Å². The molecule has 1 N–H and O–H groups in total. The molecule has 0 radical (unpaired) electrons. The van der Waals surface area contributed by atoms with Crippen LogP contribution < -0.4 is 5.32 Å². The fourth-order valence-corrected chi connectivity index (χ4v) is 3.46. The van der Waals surface area contributed by atoms with E-state index in [4.69, 9.17) is 9.26 Å². The van der Waals surface area contributed by atoms with Crippen molar-refractivity contribution >= 4 is 22.6 Å². The first kappa shape index (κ1) is 17.6. The van der Waals surface area contributed by atoms with Gasteiger partial charge in [-0.05, 0) is 43.2 Å². The zero-order chi connectivity index (χ0) is 19.6. The van der Waals surface area contributed by atoms with Crippen LogP contribution in [0.5, 0.6) is 0 Å². The Morgan fingerprint density at radius 3 is 3.03 bits per heavy atom. The van der Waals surface area contributed by atoms with Crippen LogP contribution in [0.25, 0.3) is 22.5 Å². The highest BCUT2D eigenvalue weighted by atomic mass is 16.5. The van der Waals surface area contributed by atoms with Gasteiger partial charge in [-0.25, -0.2) is 4.98 Å². The molecule has 0 bridgehead atoms. The van der Waals surface area contributed by atoms with E-state index in [-0.39, 0.29) is 12.0 Å². The van der Waals surface area contributed by atoms with Crippen molar-refractivity contribution in [1.82, 2.24) is 19.7 Å². The Balaban J connectivity index is 1.33. The van der Waals surface area contributed by atoms with Crippen LogP contribution in [0.4, 0.5) is 5.69 Å². The standard InChI is InChI=1S/C21H19N5O3/c27-20(18-9-4-10-28-18)23-15-6-3-5-14(11-15)21-24-19(25-29-21)12-26-13-22-16-7-1-2-8-17(16)26/h1-3,5-8,11,13,18H,4,9-10,12H2,(H,23,27). The van der Waals surface area contributed by atoms with E-state index in [2.05, 4.69) is 20.4 Å². The van der Waals surface area contributed by atoms with E-state index >= 15 is 0 Å². The molecule has 8 nitrogen and oxygen atoms in total. The lowest BCUT2D eigenvalue weighted by Crippen LogP contribution is -2.26. The van der Waals surface area contributed by atoms with Crippen LogP contribution in [0.1, 0.15) is 18.7 Å². The number of aromatic nitrogens is 4. The van der Waals surface area contributed by atoms with Crippen LogP contribution in [-0.4, -0.2) is 38.3 Å². The smallest absolute Gasteiger partial charge is 0.258 e. The van der Waals surface area contributed by atoms with Crippen molar-refractivity contribution in [3.8, 4) is 11.5 Å². The second-order valence-corrected chi connectivity index (χ2v) is 6.95. The summed E-state index contributed by atoms with van der Waals surface area (Å²) in [6, 6.07) is 15.2. The van der Waals surface area contributed by atoms with E-state index < -0.39 is 0 Å². The molecule has 1 aliphatic heterocycles. The minimum Gasteiger partial charge on any atom is -0.368 e. The molecule has 4 aromatic rings. The van der Waals surface area contributed by atoms with Gasteiger partial charge in [-0.2, -0.15) is 4.98 Å². The first-order chi connectivity index (χ1) is 14.3. The van der Waals surface area contributed by atoms with Gasteiger partial charge in [0.25, 0.3) is 11.8 Å². The Morgan fingerprint density at radius 1 is 1.21 bits per heavy atom. The number of benzene rings is 2. The van der Waals surface area contributed by atoms with Gasteiger partial charge in [-0.1, -0.05) is 23.4 Å². The fraction of sp³-hybridized carbons (Fsp3) is 0.238. The summed E-state index contributed by atoms with van der Waals surface area (Å²) in [6.45, 7) is 1.09. The van der Waals surface area contributed by atoms with Crippen molar-refractivity contribution in [3.63, 3.8) is 0 Å². The lowest BCUT2D eigenvalue weighted by molar-refractivity contribution is -0.124. The van der Waals surface area contributed by atoms with Crippen LogP contribution in [0.15, 0.2) is 59.4 Å². The summed E-state index contributed by atoms with van der Waals surface area (Å²) in [5, 5.41) is 6.98. The van der Waals surface area contributed by atoms with Crippen LogP contribution in [0.3, 0.4) is 0 Å². The summed E-state index contributed by atoms with van der Waals surface area (Å²) in [5.74, 6) is 0.826. The molecule has 0 aliphatic carbocycles. The normalized spacial score (nSPS) is 16.3. The van der Waals surface area contributed by atoms with Crippen LogP contribution >= 0.6 is 0 Å². The van der Waals surface area contributed by atoms with Crippen molar-refractivity contribution < 1.29 is 14.1 Å². The predicted molar refractivity (Wildman–Crippen MR) is 106 cm³/mol. The molecule has 3 heterocycles. The second-order valence-electron chi connectivity index (χ2n) is 6.95. The average molecular weight is 389 g/mol. The van der Waals surface area contributed by atoms with Crippen molar-refractivity contribution in [3.05, 3.63) is 60.7 Å². The number of nitrogens with one attached hydrogen (secondary N) is 1. The van der Waals surface area contributed by atoms with E-state index in [0.717, 1.165) is 29.4 Å². The molecule has 8 heteroatoms. The molecular formula is C21H19N5O3. The van der Waals surface area contributed by atoms with E-state index in [0.29, 0.717) is 30.6 Å². The van der Waals surface area contributed by atoms with Gasteiger partial charge in [0.05, 0.1) is 23.9 Å². The summed E-state index contributed by atoms with van der Waals surface area (Å²) in [5.41, 5.74) is 3.34. The van der Waals surface area contributed by atoms with Crippen molar-refractivity contribution in [2.75, 3.05) is 11.9 Å². The van der Waals surface area contributed by atoms with Gasteiger partial charge in [0.15, 0.2) is 5.82 Å². The molecule has 2 aromatic carbocycles. The van der Waals surface area contributed by atoms with Gasteiger partial charge in [-0.3, -0.25) is 4.79 Å². The molecule has 146 valence electrons. The average Bonchev–Trinajstić information content (AvgIpc) is 3.50. The number of para-hydroxylation sites is 2.